The van der Waals surface area contributed by atoms with Crippen LogP contribution in [0.3, 0.4) is 0 Å². The molecule has 6 nitrogen and oxygen atoms in total. The lowest BCUT2D eigenvalue weighted by Gasteiger charge is -2.71. The quantitative estimate of drug-likeness (QED) is 0.248. The van der Waals surface area contributed by atoms with Crippen molar-refractivity contribution in [1.82, 2.24) is 4.90 Å². The number of carbonyl (C=O) groups is 2. The second-order valence-electron chi connectivity index (χ2n) is 14.1. The lowest BCUT2D eigenvalue weighted by Crippen LogP contribution is -2.67. The number of aliphatic hydroxyl groups is 1. The number of Topliss-reactive ketones (excluding diaryl/α,β-unsaturated/α-hetero) is 1. The van der Waals surface area contributed by atoms with Crippen molar-refractivity contribution >= 4 is 23.2 Å². The van der Waals surface area contributed by atoms with E-state index in [9.17, 15) is 14.7 Å². The Morgan fingerprint density at radius 1 is 1.12 bits per heavy atom. The van der Waals surface area contributed by atoms with E-state index in [1.54, 1.807) is 18.4 Å². The third kappa shape index (κ3) is 3.23. The van der Waals surface area contributed by atoms with Crippen LogP contribution in [0.1, 0.15) is 79.8 Å². The zero-order valence-corrected chi connectivity index (χ0v) is 25.1. The second-order valence-corrected chi connectivity index (χ2v) is 15.4. The Morgan fingerprint density at radius 3 is 2.62 bits per heavy atom. The second kappa shape index (κ2) is 8.78. The fraction of sp³-hybridized carbons (Fsp3) is 0.697. The molecule has 1 aromatic rings. The van der Waals surface area contributed by atoms with Gasteiger partial charge in [0.2, 0.25) is 0 Å². The zero-order valence-electron chi connectivity index (χ0n) is 24.3. The van der Waals surface area contributed by atoms with Crippen molar-refractivity contribution in [3.63, 3.8) is 0 Å². The number of ketones is 1. The van der Waals surface area contributed by atoms with Crippen molar-refractivity contribution in [2.24, 2.45) is 33.5 Å². The Kier molecular flexibility index (Phi) is 5.90. The molecular weight excluding hydrogens is 522 g/mol. The predicted molar refractivity (Wildman–Crippen MR) is 154 cm³/mol. The van der Waals surface area contributed by atoms with Crippen LogP contribution >= 0.6 is 11.3 Å². The van der Waals surface area contributed by atoms with E-state index < -0.39 is 5.60 Å². The summed E-state index contributed by atoms with van der Waals surface area (Å²) < 4.78 is 11.7. The zero-order chi connectivity index (χ0) is 28.1. The molecule has 0 unspecified atom stereocenters. The minimum absolute atomic E-state index is 0.00818. The van der Waals surface area contributed by atoms with Gasteiger partial charge in [0.05, 0.1) is 17.5 Å². The van der Waals surface area contributed by atoms with Gasteiger partial charge in [-0.15, -0.1) is 11.3 Å². The Labute approximate surface area is 241 Å². The number of fused-ring (bicyclic) bond motifs is 2. The molecule has 4 fully saturated rings. The summed E-state index contributed by atoms with van der Waals surface area (Å²) in [4.78, 5) is 31.5. The van der Waals surface area contributed by atoms with Crippen LogP contribution in [0.25, 0.3) is 0 Å². The number of hydrogen-bond acceptors (Lipinski definition) is 6. The van der Waals surface area contributed by atoms with Crippen molar-refractivity contribution in [2.45, 2.75) is 83.8 Å². The molecule has 0 radical (unpaired) electrons. The van der Waals surface area contributed by atoms with Crippen LogP contribution in [0.4, 0.5) is 4.79 Å². The average molecular weight is 566 g/mol. The molecular formula is C33H43NO5S. The first kappa shape index (κ1) is 26.9. The van der Waals surface area contributed by atoms with E-state index in [2.05, 4.69) is 39.0 Å². The van der Waals surface area contributed by atoms with Crippen molar-refractivity contribution in [3.8, 4) is 0 Å². The maximum absolute atomic E-state index is 14.5. The van der Waals surface area contributed by atoms with Gasteiger partial charge in [-0.3, -0.25) is 4.79 Å². The number of ether oxygens (including phenoxy) is 2. The molecule has 1 amide bonds. The van der Waals surface area contributed by atoms with E-state index in [4.69, 9.17) is 9.47 Å². The molecule has 3 saturated carbocycles. The molecule has 6 aliphatic carbocycles. The van der Waals surface area contributed by atoms with Crippen LogP contribution in [0.2, 0.25) is 0 Å². The molecule has 8 atom stereocenters. The number of aliphatic hydroxyl groups excluding tert-OH is 1. The van der Waals surface area contributed by atoms with Crippen LogP contribution < -0.4 is 0 Å². The molecule has 216 valence electrons. The summed E-state index contributed by atoms with van der Waals surface area (Å²) >= 11 is 1.58. The largest absolute Gasteiger partial charge is 0.440 e. The molecule has 7 aliphatic rings. The summed E-state index contributed by atoms with van der Waals surface area (Å²) in [6.45, 7) is 8.75. The fourth-order valence-electron chi connectivity index (χ4n) is 10.6. The third-order valence-electron chi connectivity index (χ3n) is 12.7. The monoisotopic (exact) mass is 565 g/mol. The minimum atomic E-state index is -0.529. The van der Waals surface area contributed by atoms with Crippen LogP contribution in [0.15, 0.2) is 35.9 Å². The molecule has 2 bridgehead atoms. The molecule has 1 N–H and O–H groups in total. The lowest BCUT2D eigenvalue weighted by molar-refractivity contribution is -0.164. The summed E-state index contributed by atoms with van der Waals surface area (Å²) in [5.74, 6) is 0.689. The Balaban J connectivity index is 1.34. The number of amides is 1. The van der Waals surface area contributed by atoms with Gasteiger partial charge in [-0.1, -0.05) is 32.1 Å². The van der Waals surface area contributed by atoms with Crippen molar-refractivity contribution in [2.75, 3.05) is 26.8 Å². The normalized spacial score (nSPS) is 44.8. The van der Waals surface area contributed by atoms with Gasteiger partial charge in [0.25, 0.3) is 0 Å². The van der Waals surface area contributed by atoms with E-state index in [-0.39, 0.29) is 45.6 Å². The first-order chi connectivity index (χ1) is 19.0. The highest BCUT2D eigenvalue weighted by atomic mass is 32.1. The van der Waals surface area contributed by atoms with E-state index in [1.165, 1.54) is 0 Å². The molecule has 8 rings (SSSR count). The summed E-state index contributed by atoms with van der Waals surface area (Å²) in [6, 6.07) is 4.03. The third-order valence-corrected chi connectivity index (χ3v) is 13.7. The van der Waals surface area contributed by atoms with Crippen LogP contribution in [0.5, 0.6) is 0 Å². The summed E-state index contributed by atoms with van der Waals surface area (Å²) in [6.07, 6.45) is 13.6. The highest BCUT2D eigenvalue weighted by Crippen LogP contribution is 2.79. The van der Waals surface area contributed by atoms with E-state index in [0.717, 1.165) is 60.3 Å². The maximum atomic E-state index is 14.5. The van der Waals surface area contributed by atoms with Crippen molar-refractivity contribution in [1.29, 1.82) is 0 Å². The number of aryl methyl sites for hydroxylation is 1. The topological polar surface area (TPSA) is 76.1 Å². The van der Waals surface area contributed by atoms with Crippen LogP contribution in [-0.2, 0) is 9.47 Å². The van der Waals surface area contributed by atoms with Gasteiger partial charge in [0.1, 0.15) is 5.60 Å². The first-order valence-electron chi connectivity index (χ1n) is 15.2. The fourth-order valence-corrected chi connectivity index (χ4v) is 11.5. The SMILES string of the molecule is COCCCN1C[C@@]2(CC[C@H]3[C@]45C=C[C@@]6(C=C4C(=O)c4ccc(C)s4)C[C@@H](O)CC[C@]6(C)[C@H]5CC[C@@]32C)OC1=O. The maximum Gasteiger partial charge on any atom is 0.410 e. The molecule has 1 saturated heterocycles. The number of nitrogens with zero attached hydrogens (tertiary/aromatic N) is 1. The summed E-state index contributed by atoms with van der Waals surface area (Å²) in [5, 5.41) is 10.9. The number of thiophene rings is 1. The van der Waals surface area contributed by atoms with Crippen LogP contribution in [-0.4, -0.2) is 60.4 Å². The van der Waals surface area contributed by atoms with Gasteiger partial charge < -0.3 is 19.5 Å². The van der Waals surface area contributed by atoms with Crippen molar-refractivity contribution < 1.29 is 24.2 Å². The van der Waals surface area contributed by atoms with Crippen molar-refractivity contribution in [3.05, 3.63) is 45.7 Å². The van der Waals surface area contributed by atoms with E-state index in [0.29, 0.717) is 32.0 Å². The highest BCUT2D eigenvalue weighted by molar-refractivity contribution is 7.14. The van der Waals surface area contributed by atoms with Gasteiger partial charge >= 0.3 is 6.09 Å². The van der Waals surface area contributed by atoms with Gasteiger partial charge in [-0.25, -0.2) is 4.79 Å². The molecule has 40 heavy (non-hydrogen) atoms. The minimum Gasteiger partial charge on any atom is -0.440 e. The van der Waals surface area contributed by atoms with E-state index in [1.807, 2.05) is 17.0 Å². The standard InChI is InChI=1S/C33H43NO5S/c1-21-6-7-24(40-21)27(36)23-19-31-14-15-33(23)25(29(31,2)11-8-22(35)18-31)9-12-30(3)26(33)10-13-32(30)20-34(28(37)39-32)16-5-17-38-4/h6-7,14-15,19,22,25-26,35H,5,8-13,16-18,20H2,1-4H3/t22-,25+,26+,29+,30-,31-,32+,33+/m0/s1. The molecule has 2 heterocycles. The Hall–Kier alpha value is -1.96. The van der Waals surface area contributed by atoms with Gasteiger partial charge in [-0.2, -0.15) is 0 Å². The molecule has 1 aromatic heterocycles. The van der Waals surface area contributed by atoms with E-state index >= 15 is 0 Å². The lowest BCUT2D eigenvalue weighted by atomic mass is 9.32. The van der Waals surface area contributed by atoms with Crippen LogP contribution in [0, 0.1) is 40.4 Å². The highest BCUT2D eigenvalue weighted by Gasteiger charge is 2.76. The summed E-state index contributed by atoms with van der Waals surface area (Å²) in [5.41, 5.74) is -0.504. The van der Waals surface area contributed by atoms with Gasteiger partial charge in [0.15, 0.2) is 5.78 Å². The molecule has 1 aliphatic heterocycles. The molecule has 3 spiro atoms. The summed E-state index contributed by atoms with van der Waals surface area (Å²) in [7, 11) is 1.69. The predicted octanol–water partition coefficient (Wildman–Crippen LogP) is 6.33. The number of hydrogen-bond donors (Lipinski definition) is 1. The number of methoxy groups -OCH3 is 1. The van der Waals surface area contributed by atoms with Gasteiger partial charge in [0, 0.05) is 47.0 Å². The Morgan fingerprint density at radius 2 is 1.88 bits per heavy atom. The average Bonchev–Trinajstić information content (AvgIpc) is 3.59. The number of allylic oxidation sites excluding steroid dienone is 4. The molecule has 7 heteroatoms. The Bertz CT molecular complexity index is 1320. The smallest absolute Gasteiger partial charge is 0.410 e. The van der Waals surface area contributed by atoms with Gasteiger partial charge in [-0.05, 0) is 87.7 Å². The molecule has 0 aromatic carbocycles. The number of rotatable bonds is 6. The first-order valence-corrected chi connectivity index (χ1v) is 16.1. The number of carbonyl (C=O) groups excluding carboxylic acids is 2.